The third-order valence-electron chi connectivity index (χ3n) is 1.89. The van der Waals surface area contributed by atoms with Crippen molar-refractivity contribution in [1.29, 1.82) is 0 Å². The maximum atomic E-state index is 11.4. The van der Waals surface area contributed by atoms with Crippen molar-refractivity contribution < 1.29 is 19.9 Å². The Kier molecular flexibility index (Phi) is 3.97. The van der Waals surface area contributed by atoms with Crippen LogP contribution in [0.4, 0.5) is 5.82 Å². The molecule has 8 heteroatoms. The van der Waals surface area contributed by atoms with Gasteiger partial charge in [0.25, 0.3) is 5.91 Å². The van der Waals surface area contributed by atoms with Crippen molar-refractivity contribution >= 4 is 11.7 Å². The van der Waals surface area contributed by atoms with Crippen LogP contribution in [0.2, 0.25) is 0 Å². The van der Waals surface area contributed by atoms with Gasteiger partial charge in [-0.1, -0.05) is 0 Å². The zero-order chi connectivity index (χ0) is 12.1. The normalized spacial score (nSPS) is 10.4. The van der Waals surface area contributed by atoms with E-state index in [2.05, 4.69) is 10.3 Å². The molecule has 0 unspecified atom stereocenters. The number of rotatable bonds is 5. The van der Waals surface area contributed by atoms with Crippen LogP contribution in [0.15, 0.2) is 12.1 Å². The third-order valence-corrected chi connectivity index (χ3v) is 1.89. The fraction of sp³-hybridized carbons (Fsp3) is 0.375. The number of nitro groups is 1. The molecule has 0 bridgehead atoms. The summed E-state index contributed by atoms with van der Waals surface area (Å²) in [6.45, 7) is -0.823. The second-order valence-corrected chi connectivity index (χ2v) is 3.05. The van der Waals surface area contributed by atoms with Crippen molar-refractivity contribution in [1.82, 2.24) is 10.3 Å². The lowest BCUT2D eigenvalue weighted by Gasteiger charge is -2.11. The first-order valence-corrected chi connectivity index (χ1v) is 4.44. The number of carbonyl (C=O) groups is 1. The van der Waals surface area contributed by atoms with Gasteiger partial charge in [0, 0.05) is 6.07 Å². The molecule has 0 saturated heterocycles. The fourth-order valence-corrected chi connectivity index (χ4v) is 1.03. The lowest BCUT2D eigenvalue weighted by Crippen LogP contribution is -2.40. The highest BCUT2D eigenvalue weighted by Crippen LogP contribution is 2.09. The largest absolute Gasteiger partial charge is 0.394 e. The molecule has 0 fully saturated rings. The third kappa shape index (κ3) is 2.78. The van der Waals surface area contributed by atoms with Gasteiger partial charge in [-0.25, -0.2) is 4.98 Å². The molecule has 8 nitrogen and oxygen atoms in total. The number of carbonyl (C=O) groups excluding carboxylic acids is 1. The highest BCUT2D eigenvalue weighted by molar-refractivity contribution is 5.93. The molecule has 0 radical (unpaired) electrons. The van der Waals surface area contributed by atoms with Gasteiger partial charge in [0.2, 0.25) is 0 Å². The van der Waals surface area contributed by atoms with Gasteiger partial charge in [0.15, 0.2) is 5.69 Å². The number of amides is 1. The molecule has 0 atom stereocenters. The molecule has 1 aromatic rings. The number of aliphatic hydroxyl groups is 2. The van der Waals surface area contributed by atoms with Gasteiger partial charge in [-0.05, 0) is 11.0 Å². The highest BCUT2D eigenvalue weighted by Gasteiger charge is 2.17. The average Bonchev–Trinajstić information content (AvgIpc) is 2.74. The van der Waals surface area contributed by atoms with E-state index in [1.165, 1.54) is 6.07 Å². The van der Waals surface area contributed by atoms with Crippen LogP contribution in [0.25, 0.3) is 0 Å². The Morgan fingerprint density at radius 3 is 2.56 bits per heavy atom. The summed E-state index contributed by atoms with van der Waals surface area (Å²) < 4.78 is 0. The molecule has 0 aliphatic carbocycles. The van der Waals surface area contributed by atoms with Gasteiger partial charge in [-0.2, -0.15) is 0 Å². The van der Waals surface area contributed by atoms with Crippen LogP contribution in [0.3, 0.4) is 0 Å². The van der Waals surface area contributed by atoms with E-state index >= 15 is 0 Å². The Morgan fingerprint density at radius 2 is 2.12 bits per heavy atom. The van der Waals surface area contributed by atoms with E-state index in [0.29, 0.717) is 0 Å². The lowest BCUT2D eigenvalue weighted by atomic mass is 10.3. The summed E-state index contributed by atoms with van der Waals surface area (Å²) in [7, 11) is 0. The molecule has 1 amide bonds. The first-order valence-electron chi connectivity index (χ1n) is 4.44. The van der Waals surface area contributed by atoms with Crippen molar-refractivity contribution in [3.63, 3.8) is 0 Å². The van der Waals surface area contributed by atoms with Crippen LogP contribution >= 0.6 is 0 Å². The molecule has 0 saturated carbocycles. The maximum Gasteiger partial charge on any atom is 0.321 e. The molecular weight excluding hydrogens is 218 g/mol. The Morgan fingerprint density at radius 1 is 1.50 bits per heavy atom. The average molecular weight is 229 g/mol. The standard InChI is InChI=1S/C8H11N3O5/c12-3-5(4-13)9-8(14)6-1-2-7(10-6)11(15)16/h1-2,5,10,12-13H,3-4H2,(H,9,14). The van der Waals surface area contributed by atoms with Crippen LogP contribution in [-0.2, 0) is 0 Å². The first-order chi connectivity index (χ1) is 7.58. The highest BCUT2D eigenvalue weighted by atomic mass is 16.6. The Balaban J connectivity index is 2.69. The Bertz CT molecular complexity index is 385. The van der Waals surface area contributed by atoms with Crippen LogP contribution < -0.4 is 5.32 Å². The molecule has 0 aliphatic rings. The molecule has 0 spiro atoms. The van der Waals surface area contributed by atoms with Crippen molar-refractivity contribution in [2.24, 2.45) is 0 Å². The molecule has 0 aromatic carbocycles. The molecule has 88 valence electrons. The van der Waals surface area contributed by atoms with E-state index in [1.54, 1.807) is 0 Å². The summed E-state index contributed by atoms with van der Waals surface area (Å²) in [4.78, 5) is 23.4. The first kappa shape index (κ1) is 12.1. The summed E-state index contributed by atoms with van der Waals surface area (Å²) in [6, 6.07) is 1.62. The van der Waals surface area contributed by atoms with Crippen molar-refractivity contribution in [3.05, 3.63) is 27.9 Å². The number of aromatic nitrogens is 1. The van der Waals surface area contributed by atoms with E-state index in [4.69, 9.17) is 10.2 Å². The van der Waals surface area contributed by atoms with Gasteiger partial charge in [-0.3, -0.25) is 4.79 Å². The van der Waals surface area contributed by atoms with Gasteiger partial charge >= 0.3 is 5.82 Å². The Labute approximate surface area is 90.1 Å². The second-order valence-electron chi connectivity index (χ2n) is 3.05. The van der Waals surface area contributed by atoms with Crippen LogP contribution in [0.5, 0.6) is 0 Å². The summed E-state index contributed by atoms with van der Waals surface area (Å²) in [6.07, 6.45) is 0. The quantitative estimate of drug-likeness (QED) is 0.380. The van der Waals surface area contributed by atoms with Gasteiger partial charge < -0.3 is 25.6 Å². The number of H-pyrrole nitrogens is 1. The molecule has 1 rings (SSSR count). The zero-order valence-electron chi connectivity index (χ0n) is 8.21. The van der Waals surface area contributed by atoms with Crippen molar-refractivity contribution in [2.45, 2.75) is 6.04 Å². The number of nitrogens with one attached hydrogen (secondary N) is 2. The molecule has 4 N–H and O–H groups in total. The van der Waals surface area contributed by atoms with E-state index in [0.717, 1.165) is 6.07 Å². The van der Waals surface area contributed by atoms with Crippen molar-refractivity contribution in [3.8, 4) is 0 Å². The minimum Gasteiger partial charge on any atom is -0.394 e. The summed E-state index contributed by atoms with van der Waals surface area (Å²) in [5.74, 6) is -0.920. The zero-order valence-corrected chi connectivity index (χ0v) is 8.21. The predicted octanol–water partition coefficient (Wildman–Crippen LogP) is -0.994. The lowest BCUT2D eigenvalue weighted by molar-refractivity contribution is -0.389. The molecule has 1 aromatic heterocycles. The molecular formula is C8H11N3O5. The number of aromatic amines is 1. The van der Waals surface area contributed by atoms with Crippen LogP contribution in [0.1, 0.15) is 10.5 Å². The second kappa shape index (κ2) is 5.24. The number of nitrogens with zero attached hydrogens (tertiary/aromatic N) is 1. The maximum absolute atomic E-state index is 11.4. The monoisotopic (exact) mass is 229 g/mol. The number of hydrogen-bond acceptors (Lipinski definition) is 5. The SMILES string of the molecule is O=C(NC(CO)CO)c1ccc([N+](=O)[O-])[nH]1. The van der Waals surface area contributed by atoms with Crippen LogP contribution in [0, 0.1) is 10.1 Å². The van der Waals surface area contributed by atoms with E-state index in [9.17, 15) is 14.9 Å². The van der Waals surface area contributed by atoms with E-state index in [-0.39, 0.29) is 11.5 Å². The topological polar surface area (TPSA) is 128 Å². The van der Waals surface area contributed by atoms with Gasteiger partial charge in [0.05, 0.1) is 19.3 Å². The molecule has 16 heavy (non-hydrogen) atoms. The number of hydrogen-bond donors (Lipinski definition) is 4. The van der Waals surface area contributed by atoms with Gasteiger partial charge in [-0.15, -0.1) is 0 Å². The summed E-state index contributed by atoms with van der Waals surface area (Å²) in [5, 5.41) is 30.1. The summed E-state index contributed by atoms with van der Waals surface area (Å²) in [5.41, 5.74) is -0.00130. The van der Waals surface area contributed by atoms with E-state index < -0.39 is 30.1 Å². The minimum absolute atomic E-state index is 0.00130. The Hall–Kier alpha value is -1.93. The van der Waals surface area contributed by atoms with Crippen molar-refractivity contribution in [2.75, 3.05) is 13.2 Å². The molecule has 0 aliphatic heterocycles. The summed E-state index contributed by atoms with van der Waals surface area (Å²) >= 11 is 0. The van der Waals surface area contributed by atoms with Gasteiger partial charge in [0.1, 0.15) is 0 Å². The van der Waals surface area contributed by atoms with Crippen LogP contribution in [-0.4, -0.2) is 45.3 Å². The number of aliphatic hydroxyl groups excluding tert-OH is 2. The minimum atomic E-state index is -0.783. The molecule has 1 heterocycles. The van der Waals surface area contributed by atoms with E-state index in [1.807, 2.05) is 0 Å². The predicted molar refractivity (Wildman–Crippen MR) is 52.9 cm³/mol. The smallest absolute Gasteiger partial charge is 0.321 e. The fourth-order valence-electron chi connectivity index (χ4n) is 1.03.